The summed E-state index contributed by atoms with van der Waals surface area (Å²) < 4.78 is 7.58. The van der Waals surface area contributed by atoms with Gasteiger partial charge >= 0.3 is 0 Å². The molecule has 1 unspecified atom stereocenters. The zero-order chi connectivity index (χ0) is 18.3. The van der Waals surface area contributed by atoms with Crippen molar-refractivity contribution < 1.29 is 4.42 Å². The number of thioether (sulfide) groups is 1. The number of aryl methyl sites for hydroxylation is 3. The normalized spacial score (nSPS) is 12.6. The molecular formula is C18H18N6OS. The van der Waals surface area contributed by atoms with Crippen LogP contribution < -0.4 is 0 Å². The number of nitrogens with zero attached hydrogens (tertiary/aromatic N) is 6. The Kier molecular flexibility index (Phi) is 4.20. The molecule has 0 saturated heterocycles. The summed E-state index contributed by atoms with van der Waals surface area (Å²) in [5, 5.41) is 13.4. The van der Waals surface area contributed by atoms with Gasteiger partial charge in [-0.25, -0.2) is 9.50 Å². The molecule has 0 aliphatic rings. The summed E-state index contributed by atoms with van der Waals surface area (Å²) in [7, 11) is 0. The Morgan fingerprint density at radius 2 is 1.81 bits per heavy atom. The second-order valence-electron chi connectivity index (χ2n) is 6.22. The van der Waals surface area contributed by atoms with Crippen LogP contribution in [0.1, 0.15) is 35.0 Å². The molecule has 0 aliphatic heterocycles. The molecule has 26 heavy (non-hydrogen) atoms. The van der Waals surface area contributed by atoms with Crippen LogP contribution in [0.2, 0.25) is 0 Å². The first-order valence-corrected chi connectivity index (χ1v) is 9.15. The largest absolute Gasteiger partial charge is 0.419 e. The van der Waals surface area contributed by atoms with Crippen molar-refractivity contribution in [1.82, 2.24) is 29.8 Å². The van der Waals surface area contributed by atoms with Gasteiger partial charge in [-0.05, 0) is 45.9 Å². The first kappa shape index (κ1) is 16.7. The molecule has 7 nitrogen and oxygen atoms in total. The van der Waals surface area contributed by atoms with Gasteiger partial charge in [0.05, 0.1) is 5.25 Å². The Balaban J connectivity index is 1.56. The Morgan fingerprint density at radius 3 is 2.58 bits per heavy atom. The number of hydrogen-bond acceptors (Lipinski definition) is 7. The lowest BCUT2D eigenvalue weighted by Crippen LogP contribution is -1.97. The van der Waals surface area contributed by atoms with Gasteiger partial charge in [0.1, 0.15) is 0 Å². The summed E-state index contributed by atoms with van der Waals surface area (Å²) in [4.78, 5) is 8.90. The van der Waals surface area contributed by atoms with Crippen LogP contribution >= 0.6 is 11.8 Å². The van der Waals surface area contributed by atoms with E-state index in [1.165, 1.54) is 17.3 Å². The van der Waals surface area contributed by atoms with E-state index in [1.54, 1.807) is 4.52 Å². The van der Waals surface area contributed by atoms with Gasteiger partial charge in [0.25, 0.3) is 5.78 Å². The fraction of sp³-hybridized carbons (Fsp3) is 0.278. The van der Waals surface area contributed by atoms with Gasteiger partial charge in [0.2, 0.25) is 16.9 Å². The van der Waals surface area contributed by atoms with Crippen LogP contribution in [0.5, 0.6) is 0 Å². The monoisotopic (exact) mass is 366 g/mol. The Hall–Kier alpha value is -2.74. The van der Waals surface area contributed by atoms with Gasteiger partial charge in [-0.15, -0.1) is 15.3 Å². The summed E-state index contributed by atoms with van der Waals surface area (Å²) in [6.07, 6.45) is 0. The Morgan fingerprint density at radius 1 is 1.04 bits per heavy atom. The van der Waals surface area contributed by atoms with Gasteiger partial charge in [0, 0.05) is 17.0 Å². The van der Waals surface area contributed by atoms with E-state index in [0.29, 0.717) is 22.7 Å². The van der Waals surface area contributed by atoms with Gasteiger partial charge in [-0.2, -0.15) is 4.98 Å². The molecule has 3 aromatic heterocycles. The number of hydrogen-bond donors (Lipinski definition) is 0. The van der Waals surface area contributed by atoms with Crippen molar-refractivity contribution in [3.8, 4) is 11.5 Å². The first-order chi connectivity index (χ1) is 12.5. The van der Waals surface area contributed by atoms with E-state index in [1.807, 2.05) is 58.0 Å². The molecule has 0 spiro atoms. The van der Waals surface area contributed by atoms with E-state index < -0.39 is 0 Å². The zero-order valence-corrected chi connectivity index (χ0v) is 15.8. The van der Waals surface area contributed by atoms with Crippen LogP contribution in [-0.4, -0.2) is 29.8 Å². The molecule has 0 aliphatic carbocycles. The molecule has 0 radical (unpaired) electrons. The van der Waals surface area contributed by atoms with Crippen molar-refractivity contribution in [2.75, 3.05) is 0 Å². The van der Waals surface area contributed by atoms with Crippen molar-refractivity contribution >= 4 is 17.5 Å². The topological polar surface area (TPSA) is 82.0 Å². The highest BCUT2D eigenvalue weighted by Gasteiger charge is 2.19. The van der Waals surface area contributed by atoms with Crippen LogP contribution in [0.15, 0.2) is 39.9 Å². The molecule has 3 heterocycles. The lowest BCUT2D eigenvalue weighted by molar-refractivity contribution is 0.509. The van der Waals surface area contributed by atoms with E-state index >= 15 is 0 Å². The molecule has 0 bridgehead atoms. The minimum atomic E-state index is -0.0690. The third kappa shape index (κ3) is 3.20. The number of rotatable bonds is 4. The van der Waals surface area contributed by atoms with Crippen molar-refractivity contribution in [1.29, 1.82) is 0 Å². The SMILES string of the molecule is Cc1ccc(-c2nnc(C(C)Sc3nc4nc(C)cc(C)n4n3)o2)cc1. The summed E-state index contributed by atoms with van der Waals surface area (Å²) in [5.74, 6) is 1.66. The van der Waals surface area contributed by atoms with Crippen LogP contribution in [0.3, 0.4) is 0 Å². The average Bonchev–Trinajstić information content (AvgIpc) is 3.22. The maximum atomic E-state index is 5.84. The van der Waals surface area contributed by atoms with Crippen LogP contribution in [0.4, 0.5) is 0 Å². The van der Waals surface area contributed by atoms with Crippen molar-refractivity contribution in [2.45, 2.75) is 38.1 Å². The third-order valence-electron chi connectivity index (χ3n) is 3.97. The molecule has 0 saturated carbocycles. The van der Waals surface area contributed by atoms with Gasteiger partial charge < -0.3 is 4.42 Å². The molecule has 4 rings (SSSR count). The zero-order valence-electron chi connectivity index (χ0n) is 15.0. The minimum Gasteiger partial charge on any atom is -0.419 e. The van der Waals surface area contributed by atoms with Gasteiger partial charge in [-0.3, -0.25) is 0 Å². The van der Waals surface area contributed by atoms with E-state index in [0.717, 1.165) is 17.0 Å². The quantitative estimate of drug-likeness (QED) is 0.506. The maximum Gasteiger partial charge on any atom is 0.253 e. The second kappa shape index (κ2) is 6.53. The Bertz CT molecular complexity index is 1070. The predicted octanol–water partition coefficient (Wildman–Crippen LogP) is 3.95. The average molecular weight is 366 g/mol. The second-order valence-corrected chi connectivity index (χ2v) is 7.52. The molecule has 4 aromatic rings. The summed E-state index contributed by atoms with van der Waals surface area (Å²) in [6, 6.07) is 9.98. The van der Waals surface area contributed by atoms with E-state index in [2.05, 4.69) is 25.3 Å². The van der Waals surface area contributed by atoms with Crippen molar-refractivity contribution in [3.05, 3.63) is 53.2 Å². The van der Waals surface area contributed by atoms with Gasteiger partial charge in [-0.1, -0.05) is 29.5 Å². The molecular weight excluding hydrogens is 348 g/mol. The summed E-state index contributed by atoms with van der Waals surface area (Å²) in [6.45, 7) is 7.97. The molecule has 132 valence electrons. The van der Waals surface area contributed by atoms with Crippen molar-refractivity contribution in [3.63, 3.8) is 0 Å². The summed E-state index contributed by atoms with van der Waals surface area (Å²) >= 11 is 1.47. The van der Waals surface area contributed by atoms with Crippen LogP contribution in [-0.2, 0) is 0 Å². The third-order valence-corrected chi connectivity index (χ3v) is 4.91. The molecule has 1 aromatic carbocycles. The highest BCUT2D eigenvalue weighted by molar-refractivity contribution is 7.99. The van der Waals surface area contributed by atoms with Crippen LogP contribution in [0.25, 0.3) is 17.2 Å². The molecule has 0 amide bonds. The standard InChI is InChI=1S/C18H18N6OS/c1-10-5-7-14(8-6-10)16-22-21-15(25-16)13(4)26-18-20-17-19-11(2)9-12(3)24(17)23-18/h5-9,13H,1-4H3. The lowest BCUT2D eigenvalue weighted by Gasteiger charge is -2.02. The smallest absolute Gasteiger partial charge is 0.253 e. The predicted molar refractivity (Wildman–Crippen MR) is 99.0 cm³/mol. The minimum absolute atomic E-state index is 0.0690. The molecule has 0 N–H and O–H groups in total. The van der Waals surface area contributed by atoms with E-state index in [4.69, 9.17) is 4.42 Å². The van der Waals surface area contributed by atoms with E-state index in [9.17, 15) is 0 Å². The number of fused-ring (bicyclic) bond motifs is 1. The van der Waals surface area contributed by atoms with E-state index in [-0.39, 0.29) is 5.25 Å². The van der Waals surface area contributed by atoms with Crippen molar-refractivity contribution in [2.24, 2.45) is 0 Å². The maximum absolute atomic E-state index is 5.84. The lowest BCUT2D eigenvalue weighted by atomic mass is 10.1. The molecule has 1 atom stereocenters. The Labute approximate surface area is 154 Å². The fourth-order valence-electron chi connectivity index (χ4n) is 2.62. The highest BCUT2D eigenvalue weighted by Crippen LogP contribution is 2.33. The summed E-state index contributed by atoms with van der Waals surface area (Å²) in [5.41, 5.74) is 4.02. The molecule has 8 heteroatoms. The molecule has 0 fully saturated rings. The number of benzene rings is 1. The van der Waals surface area contributed by atoms with Gasteiger partial charge in [0.15, 0.2) is 0 Å². The van der Waals surface area contributed by atoms with Crippen LogP contribution in [0, 0.1) is 20.8 Å². The first-order valence-electron chi connectivity index (χ1n) is 8.28. The fourth-order valence-corrected chi connectivity index (χ4v) is 3.39. The number of aromatic nitrogens is 6. The highest BCUT2D eigenvalue weighted by atomic mass is 32.2.